The van der Waals surface area contributed by atoms with Crippen LogP contribution in [0.15, 0.2) is 47.1 Å². The Morgan fingerprint density at radius 3 is 2.75 bits per heavy atom. The van der Waals surface area contributed by atoms with E-state index in [0.29, 0.717) is 13.1 Å². The first-order valence-corrected chi connectivity index (χ1v) is 6.44. The maximum absolute atomic E-state index is 12.5. The SMILES string of the molecule is O=C1CN(C(=O)c2occc2-c2ccccc2)CCN1. The third-order valence-electron chi connectivity index (χ3n) is 3.27. The zero-order valence-corrected chi connectivity index (χ0v) is 10.8. The summed E-state index contributed by atoms with van der Waals surface area (Å²) in [5.74, 6) is -0.105. The molecule has 20 heavy (non-hydrogen) atoms. The number of amides is 2. The minimum Gasteiger partial charge on any atom is -0.459 e. The van der Waals surface area contributed by atoms with E-state index < -0.39 is 0 Å². The molecule has 1 saturated heterocycles. The number of benzene rings is 1. The summed E-state index contributed by atoms with van der Waals surface area (Å²) in [6.07, 6.45) is 1.50. The Kier molecular flexibility index (Phi) is 3.25. The van der Waals surface area contributed by atoms with Gasteiger partial charge in [0.1, 0.15) is 6.54 Å². The predicted octanol–water partition coefficient (Wildman–Crippen LogP) is 1.52. The second kappa shape index (κ2) is 5.21. The van der Waals surface area contributed by atoms with Crippen LogP contribution in [0.25, 0.3) is 11.1 Å². The van der Waals surface area contributed by atoms with Crippen LogP contribution < -0.4 is 5.32 Å². The van der Waals surface area contributed by atoms with Crippen LogP contribution in [0.4, 0.5) is 0 Å². The average molecular weight is 270 g/mol. The second-order valence-corrected chi connectivity index (χ2v) is 4.61. The normalized spacial score (nSPS) is 15.0. The number of hydrogen-bond acceptors (Lipinski definition) is 3. The fraction of sp³-hybridized carbons (Fsp3) is 0.200. The van der Waals surface area contributed by atoms with E-state index in [1.54, 1.807) is 6.07 Å². The molecule has 3 rings (SSSR count). The van der Waals surface area contributed by atoms with Gasteiger partial charge >= 0.3 is 0 Å². The Hall–Kier alpha value is -2.56. The van der Waals surface area contributed by atoms with Crippen LogP contribution in [0.5, 0.6) is 0 Å². The smallest absolute Gasteiger partial charge is 0.290 e. The molecule has 1 aliphatic rings. The van der Waals surface area contributed by atoms with E-state index in [2.05, 4.69) is 5.32 Å². The maximum atomic E-state index is 12.5. The van der Waals surface area contributed by atoms with Crippen LogP contribution >= 0.6 is 0 Å². The highest BCUT2D eigenvalue weighted by Gasteiger charge is 2.26. The minimum atomic E-state index is -0.247. The third-order valence-corrected chi connectivity index (χ3v) is 3.27. The van der Waals surface area contributed by atoms with E-state index in [1.807, 2.05) is 30.3 Å². The maximum Gasteiger partial charge on any atom is 0.290 e. The Bertz CT molecular complexity index is 634. The molecule has 0 spiro atoms. The molecule has 102 valence electrons. The summed E-state index contributed by atoms with van der Waals surface area (Å²) in [6.45, 7) is 1.05. The Morgan fingerprint density at radius 1 is 1.20 bits per heavy atom. The first-order chi connectivity index (χ1) is 9.75. The fourth-order valence-electron chi connectivity index (χ4n) is 2.28. The number of nitrogens with one attached hydrogen (secondary N) is 1. The van der Waals surface area contributed by atoms with Crippen molar-refractivity contribution >= 4 is 11.8 Å². The zero-order valence-electron chi connectivity index (χ0n) is 10.8. The van der Waals surface area contributed by atoms with Gasteiger partial charge in [-0.05, 0) is 11.6 Å². The summed E-state index contributed by atoms with van der Waals surface area (Å²) < 4.78 is 5.35. The first-order valence-electron chi connectivity index (χ1n) is 6.44. The Morgan fingerprint density at radius 2 is 2.00 bits per heavy atom. The van der Waals surface area contributed by atoms with E-state index in [4.69, 9.17) is 4.42 Å². The van der Waals surface area contributed by atoms with Crippen molar-refractivity contribution in [2.45, 2.75) is 0 Å². The number of rotatable bonds is 2. The lowest BCUT2D eigenvalue weighted by Crippen LogP contribution is -2.49. The van der Waals surface area contributed by atoms with Crippen molar-refractivity contribution in [2.24, 2.45) is 0 Å². The minimum absolute atomic E-state index is 0.0771. The van der Waals surface area contributed by atoms with Gasteiger partial charge in [-0.25, -0.2) is 0 Å². The zero-order chi connectivity index (χ0) is 13.9. The van der Waals surface area contributed by atoms with E-state index in [-0.39, 0.29) is 24.1 Å². The molecule has 1 aliphatic heterocycles. The number of carbonyl (C=O) groups is 2. The highest BCUT2D eigenvalue weighted by Crippen LogP contribution is 2.25. The van der Waals surface area contributed by atoms with Gasteiger partial charge < -0.3 is 14.6 Å². The van der Waals surface area contributed by atoms with Gasteiger partial charge in [0.15, 0.2) is 5.76 Å². The summed E-state index contributed by atoms with van der Waals surface area (Å²) >= 11 is 0. The van der Waals surface area contributed by atoms with Crippen molar-refractivity contribution in [3.63, 3.8) is 0 Å². The molecular formula is C15H14N2O3. The molecule has 0 aliphatic carbocycles. The van der Waals surface area contributed by atoms with Crippen LogP contribution in [-0.2, 0) is 4.79 Å². The van der Waals surface area contributed by atoms with E-state index in [1.165, 1.54) is 11.2 Å². The van der Waals surface area contributed by atoms with Gasteiger partial charge in [-0.3, -0.25) is 9.59 Å². The number of nitrogens with zero attached hydrogens (tertiary/aromatic N) is 1. The van der Waals surface area contributed by atoms with Crippen LogP contribution in [0.3, 0.4) is 0 Å². The molecule has 1 aromatic heterocycles. The lowest BCUT2D eigenvalue weighted by atomic mass is 10.1. The molecular weight excluding hydrogens is 256 g/mol. The van der Waals surface area contributed by atoms with Gasteiger partial charge in [-0.1, -0.05) is 30.3 Å². The largest absolute Gasteiger partial charge is 0.459 e. The Balaban J connectivity index is 1.90. The van der Waals surface area contributed by atoms with E-state index in [0.717, 1.165) is 11.1 Å². The van der Waals surface area contributed by atoms with Crippen molar-refractivity contribution in [3.05, 3.63) is 48.4 Å². The molecule has 0 bridgehead atoms. The number of piperazine rings is 1. The summed E-state index contributed by atoms with van der Waals surface area (Å²) in [6, 6.07) is 11.3. The monoisotopic (exact) mass is 270 g/mol. The molecule has 2 aromatic rings. The summed E-state index contributed by atoms with van der Waals surface area (Å²) in [7, 11) is 0. The third kappa shape index (κ3) is 2.30. The molecule has 2 heterocycles. The van der Waals surface area contributed by atoms with Crippen molar-refractivity contribution in [3.8, 4) is 11.1 Å². The van der Waals surface area contributed by atoms with Gasteiger partial charge in [0, 0.05) is 18.7 Å². The van der Waals surface area contributed by atoms with Crippen molar-refractivity contribution in [2.75, 3.05) is 19.6 Å². The second-order valence-electron chi connectivity index (χ2n) is 4.61. The first kappa shape index (κ1) is 12.5. The van der Waals surface area contributed by atoms with Gasteiger partial charge in [0.2, 0.25) is 5.91 Å². The highest BCUT2D eigenvalue weighted by molar-refractivity contribution is 6.00. The molecule has 1 aromatic carbocycles. The molecule has 1 N–H and O–H groups in total. The number of carbonyl (C=O) groups excluding carboxylic acids is 2. The fourth-order valence-corrected chi connectivity index (χ4v) is 2.28. The predicted molar refractivity (Wildman–Crippen MR) is 73.1 cm³/mol. The molecule has 5 heteroatoms. The standard InChI is InChI=1S/C15H14N2O3/c18-13-10-17(8-7-16-13)15(19)14-12(6-9-20-14)11-4-2-1-3-5-11/h1-6,9H,7-8,10H2,(H,16,18). The van der Waals surface area contributed by atoms with Crippen LogP contribution in [-0.4, -0.2) is 36.3 Å². The molecule has 0 saturated carbocycles. The summed E-state index contributed by atoms with van der Waals surface area (Å²) in [4.78, 5) is 25.3. The summed E-state index contributed by atoms with van der Waals surface area (Å²) in [5, 5.41) is 2.70. The number of hydrogen-bond donors (Lipinski definition) is 1. The van der Waals surface area contributed by atoms with Crippen LogP contribution in [0.1, 0.15) is 10.6 Å². The molecule has 1 fully saturated rings. The molecule has 0 unspecified atom stereocenters. The highest BCUT2D eigenvalue weighted by atomic mass is 16.3. The lowest BCUT2D eigenvalue weighted by Gasteiger charge is -2.26. The summed E-state index contributed by atoms with van der Waals surface area (Å²) in [5.41, 5.74) is 1.67. The molecule has 0 radical (unpaired) electrons. The quantitative estimate of drug-likeness (QED) is 0.900. The Labute approximate surface area is 116 Å². The van der Waals surface area contributed by atoms with Gasteiger partial charge in [0.25, 0.3) is 5.91 Å². The van der Waals surface area contributed by atoms with Crippen molar-refractivity contribution in [1.29, 1.82) is 0 Å². The topological polar surface area (TPSA) is 62.6 Å². The van der Waals surface area contributed by atoms with Gasteiger partial charge in [-0.15, -0.1) is 0 Å². The van der Waals surface area contributed by atoms with Crippen LogP contribution in [0, 0.1) is 0 Å². The van der Waals surface area contributed by atoms with E-state index >= 15 is 0 Å². The van der Waals surface area contributed by atoms with E-state index in [9.17, 15) is 9.59 Å². The number of furan rings is 1. The van der Waals surface area contributed by atoms with Crippen molar-refractivity contribution < 1.29 is 14.0 Å². The molecule has 5 nitrogen and oxygen atoms in total. The average Bonchev–Trinajstić information content (AvgIpc) is 2.97. The van der Waals surface area contributed by atoms with Crippen LogP contribution in [0.2, 0.25) is 0 Å². The van der Waals surface area contributed by atoms with Gasteiger partial charge in [0.05, 0.1) is 6.26 Å². The molecule has 2 amide bonds. The lowest BCUT2D eigenvalue weighted by molar-refractivity contribution is -0.123. The van der Waals surface area contributed by atoms with Gasteiger partial charge in [-0.2, -0.15) is 0 Å². The van der Waals surface area contributed by atoms with Crippen molar-refractivity contribution in [1.82, 2.24) is 10.2 Å². The molecule has 0 atom stereocenters.